The summed E-state index contributed by atoms with van der Waals surface area (Å²) < 4.78 is 33.6. The predicted octanol–water partition coefficient (Wildman–Crippen LogP) is 4.49. The Morgan fingerprint density at radius 2 is 1.83 bits per heavy atom. The Morgan fingerprint density at radius 1 is 1.07 bits per heavy atom. The Hall–Kier alpha value is -2.22. The van der Waals surface area contributed by atoms with Crippen LogP contribution < -0.4 is 4.74 Å². The zero-order chi connectivity index (χ0) is 20.8. The maximum atomic E-state index is 13.3. The van der Waals surface area contributed by atoms with Crippen molar-refractivity contribution in [3.63, 3.8) is 0 Å². The topological polar surface area (TPSA) is 59.5 Å². The van der Waals surface area contributed by atoms with Gasteiger partial charge in [0.05, 0.1) is 24.2 Å². The van der Waals surface area contributed by atoms with Gasteiger partial charge in [0.25, 0.3) is 0 Å². The quantitative estimate of drug-likeness (QED) is 0.614. The van der Waals surface area contributed by atoms with Crippen molar-refractivity contribution in [2.24, 2.45) is 0 Å². The van der Waals surface area contributed by atoms with Gasteiger partial charge in [-0.3, -0.25) is 0 Å². The Bertz CT molecular complexity index is 1180. The highest BCUT2D eigenvalue weighted by Gasteiger charge is 2.31. The molecule has 0 saturated carbocycles. The van der Waals surface area contributed by atoms with Crippen molar-refractivity contribution in [1.82, 2.24) is 9.29 Å². The van der Waals surface area contributed by atoms with E-state index < -0.39 is 10.0 Å². The Balaban J connectivity index is 1.65. The molecule has 0 saturated heterocycles. The molecular weight excluding hydrogens is 404 g/mol. The third-order valence-corrected chi connectivity index (χ3v) is 8.54. The monoisotopic (exact) mass is 428 g/mol. The molecule has 5 nitrogen and oxygen atoms in total. The van der Waals surface area contributed by atoms with Crippen LogP contribution in [0.3, 0.4) is 0 Å². The van der Waals surface area contributed by atoms with E-state index in [0.717, 1.165) is 43.6 Å². The van der Waals surface area contributed by atoms with Crippen LogP contribution in [0.2, 0.25) is 0 Å². The molecule has 2 aromatic carbocycles. The fourth-order valence-electron chi connectivity index (χ4n) is 3.61. The summed E-state index contributed by atoms with van der Waals surface area (Å²) in [7, 11) is -1.91. The Kier molecular flexibility index (Phi) is 5.23. The molecule has 29 heavy (non-hydrogen) atoms. The third-order valence-electron chi connectivity index (χ3n) is 5.42. The highest BCUT2D eigenvalue weighted by molar-refractivity contribution is 7.89. The van der Waals surface area contributed by atoms with Gasteiger partial charge in [0.15, 0.2) is 0 Å². The second-order valence-electron chi connectivity index (χ2n) is 7.41. The van der Waals surface area contributed by atoms with Gasteiger partial charge in [0.1, 0.15) is 10.8 Å². The fraction of sp³-hybridized carbons (Fsp3) is 0.318. The molecule has 0 radical (unpaired) electrons. The van der Waals surface area contributed by atoms with E-state index in [2.05, 4.69) is 0 Å². The van der Waals surface area contributed by atoms with Crippen LogP contribution in [0.15, 0.2) is 41.3 Å². The van der Waals surface area contributed by atoms with Gasteiger partial charge in [-0.05, 0) is 55.7 Å². The van der Waals surface area contributed by atoms with E-state index in [4.69, 9.17) is 9.72 Å². The van der Waals surface area contributed by atoms with E-state index in [0.29, 0.717) is 24.4 Å². The number of rotatable bonds is 4. The van der Waals surface area contributed by atoms with Gasteiger partial charge in [-0.1, -0.05) is 18.2 Å². The molecule has 3 aromatic rings. The largest absolute Gasteiger partial charge is 0.497 e. The lowest BCUT2D eigenvalue weighted by molar-refractivity contribution is 0.392. The number of thiazole rings is 1. The lowest BCUT2D eigenvalue weighted by Gasteiger charge is -2.26. The molecule has 0 atom stereocenters. The molecule has 0 aliphatic carbocycles. The molecule has 0 amide bonds. The van der Waals surface area contributed by atoms with E-state index in [9.17, 15) is 8.42 Å². The van der Waals surface area contributed by atoms with Crippen LogP contribution in [0.25, 0.3) is 10.6 Å². The molecule has 0 fully saturated rings. The minimum Gasteiger partial charge on any atom is -0.497 e. The number of aromatic nitrogens is 1. The average molecular weight is 429 g/mol. The minimum atomic E-state index is -3.55. The maximum Gasteiger partial charge on any atom is 0.243 e. The minimum absolute atomic E-state index is 0.367. The first-order valence-electron chi connectivity index (χ1n) is 9.50. The number of ether oxygens (including phenoxy) is 1. The summed E-state index contributed by atoms with van der Waals surface area (Å²) in [6.45, 7) is 6.63. The second kappa shape index (κ2) is 7.55. The summed E-state index contributed by atoms with van der Waals surface area (Å²) in [6, 6.07) is 11.5. The normalized spacial score (nSPS) is 14.6. The van der Waals surface area contributed by atoms with Crippen LogP contribution in [-0.2, 0) is 23.0 Å². The van der Waals surface area contributed by atoms with Crippen molar-refractivity contribution in [2.45, 2.75) is 38.6 Å². The summed E-state index contributed by atoms with van der Waals surface area (Å²) in [6.07, 6.45) is 0.624. The SMILES string of the molecule is COc1cccc(-c2nc3c(s2)CN(S(=O)(=O)c2cc(C)c(C)cc2C)CC3)c1. The highest BCUT2D eigenvalue weighted by Crippen LogP contribution is 2.35. The molecule has 0 bridgehead atoms. The molecule has 1 aliphatic heterocycles. The lowest BCUT2D eigenvalue weighted by atomic mass is 10.1. The number of aryl methyl sites for hydroxylation is 3. The van der Waals surface area contributed by atoms with Gasteiger partial charge >= 0.3 is 0 Å². The molecular formula is C22H24N2O3S2. The number of nitrogens with zero attached hydrogens (tertiary/aromatic N) is 2. The summed E-state index contributed by atoms with van der Waals surface area (Å²) in [5.74, 6) is 0.782. The molecule has 0 unspecified atom stereocenters. The third kappa shape index (κ3) is 3.70. The lowest BCUT2D eigenvalue weighted by Crippen LogP contribution is -2.35. The zero-order valence-electron chi connectivity index (χ0n) is 17.0. The van der Waals surface area contributed by atoms with Crippen LogP contribution in [0, 0.1) is 20.8 Å². The van der Waals surface area contributed by atoms with Crippen molar-refractivity contribution in [2.75, 3.05) is 13.7 Å². The second-order valence-corrected chi connectivity index (χ2v) is 10.4. The van der Waals surface area contributed by atoms with Crippen LogP contribution >= 0.6 is 11.3 Å². The van der Waals surface area contributed by atoms with Crippen LogP contribution in [0.4, 0.5) is 0 Å². The van der Waals surface area contributed by atoms with Gasteiger partial charge < -0.3 is 4.74 Å². The molecule has 2 heterocycles. The molecule has 1 aromatic heterocycles. The molecule has 152 valence electrons. The molecule has 4 rings (SSSR count). The fourth-order valence-corrected chi connectivity index (χ4v) is 6.51. The molecule has 0 N–H and O–H groups in total. The van der Waals surface area contributed by atoms with Crippen LogP contribution in [0.1, 0.15) is 27.3 Å². The summed E-state index contributed by atoms with van der Waals surface area (Å²) in [5, 5.41) is 0.899. The molecule has 1 aliphatic rings. The number of hydrogen-bond acceptors (Lipinski definition) is 5. The first-order chi connectivity index (χ1) is 13.8. The average Bonchev–Trinajstić information content (AvgIpc) is 3.14. The maximum absolute atomic E-state index is 13.3. The van der Waals surface area contributed by atoms with E-state index in [1.165, 1.54) is 0 Å². The number of fused-ring (bicyclic) bond motifs is 1. The van der Waals surface area contributed by atoms with Crippen molar-refractivity contribution < 1.29 is 13.2 Å². The smallest absolute Gasteiger partial charge is 0.243 e. The van der Waals surface area contributed by atoms with E-state index in [1.807, 2.05) is 51.1 Å². The van der Waals surface area contributed by atoms with Gasteiger partial charge in [-0.25, -0.2) is 13.4 Å². The Morgan fingerprint density at radius 3 is 2.59 bits per heavy atom. The van der Waals surface area contributed by atoms with Gasteiger partial charge in [0, 0.05) is 23.4 Å². The molecule has 0 spiro atoms. The van der Waals surface area contributed by atoms with E-state index >= 15 is 0 Å². The van der Waals surface area contributed by atoms with Gasteiger partial charge in [-0.15, -0.1) is 11.3 Å². The van der Waals surface area contributed by atoms with Gasteiger partial charge in [0.2, 0.25) is 10.0 Å². The van der Waals surface area contributed by atoms with E-state index in [1.54, 1.807) is 28.8 Å². The number of methoxy groups -OCH3 is 1. The van der Waals surface area contributed by atoms with Crippen molar-refractivity contribution in [3.8, 4) is 16.3 Å². The van der Waals surface area contributed by atoms with Crippen molar-refractivity contribution >= 4 is 21.4 Å². The first-order valence-corrected chi connectivity index (χ1v) is 11.8. The van der Waals surface area contributed by atoms with Crippen LogP contribution in [-0.4, -0.2) is 31.4 Å². The highest BCUT2D eigenvalue weighted by atomic mass is 32.2. The summed E-state index contributed by atoms with van der Waals surface area (Å²) >= 11 is 1.56. The number of hydrogen-bond donors (Lipinski definition) is 0. The standard InChI is InChI=1S/C22H24N2O3S2/c1-14-10-16(3)21(11-15(14)2)29(25,26)24-9-8-19-20(13-24)28-22(23-19)17-6-5-7-18(12-17)27-4/h5-7,10-12H,8-9,13H2,1-4H3. The van der Waals surface area contributed by atoms with Gasteiger partial charge in [-0.2, -0.15) is 4.31 Å². The van der Waals surface area contributed by atoms with Crippen LogP contribution in [0.5, 0.6) is 5.75 Å². The number of sulfonamides is 1. The van der Waals surface area contributed by atoms with Crippen molar-refractivity contribution in [3.05, 3.63) is 63.7 Å². The van der Waals surface area contributed by atoms with Crippen molar-refractivity contribution in [1.29, 1.82) is 0 Å². The summed E-state index contributed by atoms with van der Waals surface area (Å²) in [5.41, 5.74) is 4.87. The summed E-state index contributed by atoms with van der Waals surface area (Å²) in [4.78, 5) is 6.19. The van der Waals surface area contributed by atoms with E-state index in [-0.39, 0.29) is 0 Å². The number of benzene rings is 2. The Labute approximate surface area is 176 Å². The molecule has 7 heteroatoms. The predicted molar refractivity (Wildman–Crippen MR) is 116 cm³/mol. The zero-order valence-corrected chi connectivity index (χ0v) is 18.7. The first kappa shape index (κ1) is 20.1.